The molecule has 7 nitrogen and oxygen atoms in total. The van der Waals surface area contributed by atoms with Crippen LogP contribution in [0.2, 0.25) is 0 Å². The highest BCUT2D eigenvalue weighted by atomic mass is 19.1. The van der Waals surface area contributed by atoms with E-state index in [-0.39, 0.29) is 29.6 Å². The Kier molecular flexibility index (Phi) is 6.41. The maximum Gasteiger partial charge on any atom is 0.241 e. The van der Waals surface area contributed by atoms with Gasteiger partial charge in [-0.25, -0.2) is 4.39 Å². The van der Waals surface area contributed by atoms with Crippen molar-refractivity contribution in [1.82, 2.24) is 14.7 Å². The van der Waals surface area contributed by atoms with Gasteiger partial charge in [0, 0.05) is 24.3 Å². The molecule has 0 radical (unpaired) electrons. The number of nitrogens with zero attached hydrogens (tertiary/aromatic N) is 3. The van der Waals surface area contributed by atoms with Gasteiger partial charge in [0.2, 0.25) is 11.8 Å². The van der Waals surface area contributed by atoms with Crippen LogP contribution in [0, 0.1) is 11.7 Å². The lowest BCUT2D eigenvalue weighted by molar-refractivity contribution is -0.123. The van der Waals surface area contributed by atoms with Crippen LogP contribution in [0.3, 0.4) is 0 Å². The molecule has 8 heteroatoms. The lowest BCUT2D eigenvalue weighted by Crippen LogP contribution is -2.47. The van der Waals surface area contributed by atoms with E-state index >= 15 is 0 Å². The number of hydrogen-bond donors (Lipinski definition) is 2. The predicted octanol–water partition coefficient (Wildman–Crippen LogP) is 2.72. The third-order valence-electron chi connectivity index (χ3n) is 5.14. The van der Waals surface area contributed by atoms with Gasteiger partial charge < -0.3 is 10.6 Å². The Hall–Kier alpha value is -2.74. The summed E-state index contributed by atoms with van der Waals surface area (Å²) < 4.78 is 15.0. The van der Waals surface area contributed by atoms with Crippen molar-refractivity contribution in [2.24, 2.45) is 5.92 Å². The van der Waals surface area contributed by atoms with Crippen LogP contribution in [0.4, 0.5) is 15.8 Å². The normalized spacial score (nSPS) is 16.5. The monoisotopic (exact) mass is 387 g/mol. The summed E-state index contributed by atoms with van der Waals surface area (Å²) in [5, 5.41) is 9.81. The molecular formula is C20H26FN5O2. The van der Waals surface area contributed by atoms with Crippen molar-refractivity contribution in [3.63, 3.8) is 0 Å². The third kappa shape index (κ3) is 4.95. The predicted molar refractivity (Wildman–Crippen MR) is 105 cm³/mol. The van der Waals surface area contributed by atoms with Gasteiger partial charge in [-0.3, -0.25) is 19.2 Å². The summed E-state index contributed by atoms with van der Waals surface area (Å²) in [5.41, 5.74) is 1.15. The van der Waals surface area contributed by atoms with Gasteiger partial charge in [-0.1, -0.05) is 6.07 Å². The number of aromatic nitrogens is 2. The molecule has 0 saturated carbocycles. The molecule has 2 N–H and O–H groups in total. The molecular weight excluding hydrogens is 361 g/mol. The highest BCUT2D eigenvalue weighted by molar-refractivity contribution is 5.94. The number of aryl methyl sites for hydroxylation is 1. The number of hydrogen-bond acceptors (Lipinski definition) is 4. The quantitative estimate of drug-likeness (QED) is 0.799. The molecule has 1 aliphatic rings. The summed E-state index contributed by atoms with van der Waals surface area (Å²) in [4.78, 5) is 27.0. The SMILES string of the molecule is CCn1cc(NC(=O)C2CCN(C(C)C(=O)Nc3cccc(F)c3)CC2)cn1. The van der Waals surface area contributed by atoms with E-state index in [0.717, 1.165) is 6.54 Å². The Morgan fingerprint density at radius 2 is 2.00 bits per heavy atom. The summed E-state index contributed by atoms with van der Waals surface area (Å²) in [7, 11) is 0. The molecule has 1 saturated heterocycles. The maximum absolute atomic E-state index is 13.3. The molecule has 1 aliphatic heterocycles. The molecule has 0 aliphatic carbocycles. The highest BCUT2D eigenvalue weighted by Gasteiger charge is 2.30. The number of halogens is 1. The second-order valence-corrected chi connectivity index (χ2v) is 7.06. The third-order valence-corrected chi connectivity index (χ3v) is 5.14. The van der Waals surface area contributed by atoms with Crippen molar-refractivity contribution in [3.8, 4) is 0 Å². The van der Waals surface area contributed by atoms with Gasteiger partial charge in [0.05, 0.1) is 17.9 Å². The van der Waals surface area contributed by atoms with E-state index in [2.05, 4.69) is 15.7 Å². The van der Waals surface area contributed by atoms with Crippen LogP contribution < -0.4 is 10.6 Å². The van der Waals surface area contributed by atoms with Crippen molar-refractivity contribution in [2.45, 2.75) is 39.3 Å². The fourth-order valence-electron chi connectivity index (χ4n) is 3.37. The zero-order valence-electron chi connectivity index (χ0n) is 16.2. The topological polar surface area (TPSA) is 79.3 Å². The standard InChI is InChI=1S/C20H26FN5O2/c1-3-26-13-18(12-22-26)24-20(28)15-7-9-25(10-8-15)14(2)19(27)23-17-6-4-5-16(21)11-17/h4-6,11-15H,3,7-10H2,1-2H3,(H,23,27)(H,24,28). The fraction of sp³-hybridized carbons (Fsp3) is 0.450. The molecule has 1 aromatic heterocycles. The molecule has 1 aromatic carbocycles. The minimum Gasteiger partial charge on any atom is -0.325 e. The Morgan fingerprint density at radius 3 is 2.64 bits per heavy atom. The molecule has 0 bridgehead atoms. The Morgan fingerprint density at radius 1 is 1.25 bits per heavy atom. The first kappa shape index (κ1) is 20.0. The van der Waals surface area contributed by atoms with Crippen LogP contribution in [0.25, 0.3) is 0 Å². The van der Waals surface area contributed by atoms with Crippen LogP contribution in [-0.4, -0.2) is 45.6 Å². The average Bonchev–Trinajstić information content (AvgIpc) is 3.15. The zero-order chi connectivity index (χ0) is 20.1. The van der Waals surface area contributed by atoms with Crippen molar-refractivity contribution in [3.05, 3.63) is 42.5 Å². The van der Waals surface area contributed by atoms with Gasteiger partial charge in [-0.15, -0.1) is 0 Å². The number of benzene rings is 1. The second kappa shape index (κ2) is 8.97. The first-order chi connectivity index (χ1) is 13.5. The first-order valence-corrected chi connectivity index (χ1v) is 9.60. The molecule has 1 unspecified atom stereocenters. The van der Waals surface area contributed by atoms with Crippen LogP contribution in [0.1, 0.15) is 26.7 Å². The van der Waals surface area contributed by atoms with E-state index in [0.29, 0.717) is 37.3 Å². The van der Waals surface area contributed by atoms with Crippen molar-refractivity contribution < 1.29 is 14.0 Å². The zero-order valence-corrected chi connectivity index (χ0v) is 16.2. The van der Waals surface area contributed by atoms with Gasteiger partial charge in [0.1, 0.15) is 5.82 Å². The first-order valence-electron chi connectivity index (χ1n) is 9.60. The Bertz CT molecular complexity index is 830. The van der Waals surface area contributed by atoms with Crippen LogP contribution in [0.15, 0.2) is 36.7 Å². The number of likely N-dealkylation sites (tertiary alicyclic amines) is 1. The number of nitrogens with one attached hydrogen (secondary N) is 2. The lowest BCUT2D eigenvalue weighted by Gasteiger charge is -2.34. The summed E-state index contributed by atoms with van der Waals surface area (Å²) >= 11 is 0. The fourth-order valence-corrected chi connectivity index (χ4v) is 3.37. The molecule has 2 heterocycles. The maximum atomic E-state index is 13.3. The van der Waals surface area contributed by atoms with Gasteiger partial charge in [-0.2, -0.15) is 5.10 Å². The number of carbonyl (C=O) groups excluding carboxylic acids is 2. The summed E-state index contributed by atoms with van der Waals surface area (Å²) in [6, 6.07) is 5.49. The van der Waals surface area contributed by atoms with Crippen LogP contribution in [0.5, 0.6) is 0 Å². The van der Waals surface area contributed by atoms with Gasteiger partial charge in [0.25, 0.3) is 0 Å². The van der Waals surface area contributed by atoms with E-state index in [1.165, 1.54) is 12.1 Å². The number of carbonyl (C=O) groups is 2. The van der Waals surface area contributed by atoms with E-state index in [1.54, 1.807) is 23.0 Å². The summed E-state index contributed by atoms with van der Waals surface area (Å²) in [6.45, 7) is 5.88. The molecule has 1 atom stereocenters. The molecule has 2 amide bonds. The smallest absolute Gasteiger partial charge is 0.241 e. The number of amides is 2. The molecule has 3 rings (SSSR count). The van der Waals surface area contributed by atoms with Gasteiger partial charge in [-0.05, 0) is 58.0 Å². The lowest BCUT2D eigenvalue weighted by atomic mass is 9.95. The Balaban J connectivity index is 1.48. The number of piperidine rings is 1. The van der Waals surface area contributed by atoms with E-state index in [4.69, 9.17) is 0 Å². The van der Waals surface area contributed by atoms with Crippen molar-refractivity contribution in [2.75, 3.05) is 23.7 Å². The van der Waals surface area contributed by atoms with E-state index in [9.17, 15) is 14.0 Å². The summed E-state index contributed by atoms with van der Waals surface area (Å²) in [5.74, 6) is -0.658. The second-order valence-electron chi connectivity index (χ2n) is 7.06. The number of rotatable bonds is 6. The molecule has 2 aromatic rings. The highest BCUT2D eigenvalue weighted by Crippen LogP contribution is 2.21. The van der Waals surface area contributed by atoms with Gasteiger partial charge in [0.15, 0.2) is 0 Å². The van der Waals surface area contributed by atoms with Crippen molar-refractivity contribution in [1.29, 1.82) is 0 Å². The van der Waals surface area contributed by atoms with Crippen molar-refractivity contribution >= 4 is 23.2 Å². The van der Waals surface area contributed by atoms with E-state index in [1.807, 2.05) is 24.9 Å². The Labute approximate surface area is 163 Å². The molecule has 0 spiro atoms. The van der Waals surface area contributed by atoms with Crippen LogP contribution >= 0.6 is 0 Å². The largest absolute Gasteiger partial charge is 0.325 e. The minimum absolute atomic E-state index is 0.00725. The van der Waals surface area contributed by atoms with Crippen LogP contribution in [-0.2, 0) is 16.1 Å². The van der Waals surface area contributed by atoms with Gasteiger partial charge >= 0.3 is 0 Å². The number of anilines is 2. The average molecular weight is 387 g/mol. The molecule has 1 fully saturated rings. The molecule has 28 heavy (non-hydrogen) atoms. The van der Waals surface area contributed by atoms with E-state index < -0.39 is 0 Å². The minimum atomic E-state index is -0.387. The molecule has 150 valence electrons. The summed E-state index contributed by atoms with van der Waals surface area (Å²) in [6.07, 6.45) is 4.83.